The number of rotatable bonds is 4. The summed E-state index contributed by atoms with van der Waals surface area (Å²) in [5.74, 6) is 6.21. The summed E-state index contributed by atoms with van der Waals surface area (Å²) in [5.41, 5.74) is 1.90. The molecule has 0 aliphatic carbocycles. The fraction of sp³-hybridized carbons (Fsp3) is 0.176. The van der Waals surface area contributed by atoms with E-state index in [1.807, 2.05) is 54.6 Å². The third kappa shape index (κ3) is 4.40. The Morgan fingerprint density at radius 3 is 2.40 bits per heavy atom. The van der Waals surface area contributed by atoms with Gasteiger partial charge in [0.25, 0.3) is 0 Å². The molecule has 0 bridgehead atoms. The highest BCUT2D eigenvalue weighted by molar-refractivity contribution is 6.30. The second-order valence-electron chi connectivity index (χ2n) is 4.14. The Bertz CT molecular complexity index is 582. The quantitative estimate of drug-likeness (QED) is 0.623. The van der Waals surface area contributed by atoms with Gasteiger partial charge in [-0.05, 0) is 29.8 Å². The first-order valence-electron chi connectivity index (χ1n) is 6.22. The monoisotopic (exact) mass is 286 g/mol. The minimum Gasteiger partial charge on any atom is -0.359 e. The molecule has 2 aromatic carbocycles. The van der Waals surface area contributed by atoms with E-state index in [2.05, 4.69) is 11.8 Å². The third-order valence-electron chi connectivity index (χ3n) is 2.65. The van der Waals surface area contributed by atoms with Crippen molar-refractivity contribution < 1.29 is 9.47 Å². The van der Waals surface area contributed by atoms with E-state index in [4.69, 9.17) is 21.1 Å². The van der Waals surface area contributed by atoms with Crippen molar-refractivity contribution in [1.29, 1.82) is 0 Å². The molecule has 0 aromatic heterocycles. The lowest BCUT2D eigenvalue weighted by molar-refractivity contribution is -0.0535. The fourth-order valence-electron chi connectivity index (χ4n) is 1.67. The number of benzene rings is 2. The van der Waals surface area contributed by atoms with Gasteiger partial charge in [-0.1, -0.05) is 53.8 Å². The summed E-state index contributed by atoms with van der Waals surface area (Å²) in [5, 5.41) is 0.690. The zero-order valence-corrected chi connectivity index (χ0v) is 11.9. The molecule has 0 N–H and O–H groups in total. The van der Waals surface area contributed by atoms with E-state index in [9.17, 15) is 0 Å². The number of halogens is 1. The van der Waals surface area contributed by atoms with Crippen LogP contribution in [0.15, 0.2) is 54.6 Å². The molecule has 2 nitrogen and oxygen atoms in total. The predicted molar refractivity (Wildman–Crippen MR) is 80.5 cm³/mol. The Balaban J connectivity index is 2.20. The molecule has 0 amide bonds. The molecule has 0 spiro atoms. The van der Waals surface area contributed by atoms with E-state index >= 15 is 0 Å². The van der Waals surface area contributed by atoms with Crippen LogP contribution in [0.1, 0.15) is 17.2 Å². The maximum Gasteiger partial charge on any atom is 0.148 e. The van der Waals surface area contributed by atoms with Gasteiger partial charge in [-0.15, -0.1) is 0 Å². The van der Waals surface area contributed by atoms with E-state index in [0.717, 1.165) is 11.1 Å². The van der Waals surface area contributed by atoms with E-state index in [0.29, 0.717) is 5.02 Å². The Morgan fingerprint density at radius 1 is 1.05 bits per heavy atom. The van der Waals surface area contributed by atoms with Crippen molar-refractivity contribution >= 4 is 11.6 Å². The van der Waals surface area contributed by atoms with E-state index < -0.39 is 0 Å². The maximum atomic E-state index is 5.89. The molecule has 2 rings (SSSR count). The van der Waals surface area contributed by atoms with Gasteiger partial charge in [-0.2, -0.15) is 0 Å². The molecule has 0 aliphatic heterocycles. The zero-order chi connectivity index (χ0) is 14.2. The van der Waals surface area contributed by atoms with Gasteiger partial charge < -0.3 is 9.47 Å². The van der Waals surface area contributed by atoms with Crippen LogP contribution < -0.4 is 0 Å². The van der Waals surface area contributed by atoms with Crippen LogP contribution in [0.5, 0.6) is 0 Å². The smallest absolute Gasteiger partial charge is 0.148 e. The molecule has 2 aromatic rings. The van der Waals surface area contributed by atoms with Crippen LogP contribution in [0.3, 0.4) is 0 Å². The summed E-state index contributed by atoms with van der Waals surface area (Å²) in [6.07, 6.45) is -0.340. The summed E-state index contributed by atoms with van der Waals surface area (Å²) >= 11 is 5.89. The molecule has 0 heterocycles. The SMILES string of the molecule is COCOC(C#Cc1ccccc1)c1ccc(Cl)cc1. The standard InChI is InChI=1S/C17H15ClO2/c1-19-13-20-17(15-8-10-16(18)11-9-15)12-7-14-5-3-2-4-6-14/h2-6,8-11,17H,13H2,1H3. The van der Waals surface area contributed by atoms with Crippen molar-refractivity contribution in [3.05, 3.63) is 70.7 Å². The Morgan fingerprint density at radius 2 is 1.75 bits per heavy atom. The van der Waals surface area contributed by atoms with Crippen molar-refractivity contribution in [2.45, 2.75) is 6.10 Å². The lowest BCUT2D eigenvalue weighted by Crippen LogP contribution is -2.04. The molecule has 3 heteroatoms. The van der Waals surface area contributed by atoms with Gasteiger partial charge >= 0.3 is 0 Å². The number of hydrogen-bond donors (Lipinski definition) is 0. The van der Waals surface area contributed by atoms with Crippen LogP contribution in [0.2, 0.25) is 5.02 Å². The Hall–Kier alpha value is -1.79. The van der Waals surface area contributed by atoms with Crippen molar-refractivity contribution in [2.75, 3.05) is 13.9 Å². The number of ether oxygens (including phenoxy) is 2. The molecule has 1 unspecified atom stereocenters. The molecule has 0 saturated heterocycles. The van der Waals surface area contributed by atoms with Crippen LogP contribution in [-0.2, 0) is 9.47 Å². The van der Waals surface area contributed by atoms with Gasteiger partial charge in [0.1, 0.15) is 12.9 Å². The first-order chi connectivity index (χ1) is 9.79. The van der Waals surface area contributed by atoms with E-state index in [1.165, 1.54) is 0 Å². The van der Waals surface area contributed by atoms with Crippen LogP contribution in [0.4, 0.5) is 0 Å². The average Bonchev–Trinajstić information content (AvgIpc) is 2.50. The fourth-order valence-corrected chi connectivity index (χ4v) is 1.79. The van der Waals surface area contributed by atoms with Crippen LogP contribution in [0.25, 0.3) is 0 Å². The van der Waals surface area contributed by atoms with E-state index in [-0.39, 0.29) is 12.9 Å². The molecular weight excluding hydrogens is 272 g/mol. The first-order valence-corrected chi connectivity index (χ1v) is 6.60. The largest absolute Gasteiger partial charge is 0.359 e. The highest BCUT2D eigenvalue weighted by atomic mass is 35.5. The normalized spacial score (nSPS) is 11.5. The third-order valence-corrected chi connectivity index (χ3v) is 2.90. The Labute approximate surface area is 124 Å². The molecule has 0 fully saturated rings. The molecule has 0 radical (unpaired) electrons. The lowest BCUT2D eigenvalue weighted by Gasteiger charge is -2.11. The maximum absolute atomic E-state index is 5.89. The summed E-state index contributed by atoms with van der Waals surface area (Å²) < 4.78 is 10.6. The highest BCUT2D eigenvalue weighted by Gasteiger charge is 2.08. The molecule has 1 atom stereocenters. The van der Waals surface area contributed by atoms with Gasteiger partial charge in [0.2, 0.25) is 0 Å². The Kier molecular flexibility index (Phi) is 5.64. The van der Waals surface area contributed by atoms with Gasteiger partial charge in [-0.3, -0.25) is 0 Å². The highest BCUT2D eigenvalue weighted by Crippen LogP contribution is 2.19. The van der Waals surface area contributed by atoms with Gasteiger partial charge in [-0.25, -0.2) is 0 Å². The zero-order valence-electron chi connectivity index (χ0n) is 11.2. The second-order valence-corrected chi connectivity index (χ2v) is 4.58. The summed E-state index contributed by atoms with van der Waals surface area (Å²) in [4.78, 5) is 0. The topological polar surface area (TPSA) is 18.5 Å². The van der Waals surface area contributed by atoms with Crippen molar-refractivity contribution in [3.8, 4) is 11.8 Å². The predicted octanol–water partition coefficient (Wildman–Crippen LogP) is 4.05. The van der Waals surface area contributed by atoms with Gasteiger partial charge in [0, 0.05) is 17.7 Å². The molecular formula is C17H15ClO2. The first kappa shape index (κ1) is 14.6. The number of methoxy groups -OCH3 is 1. The van der Waals surface area contributed by atoms with Gasteiger partial charge in [0.05, 0.1) is 0 Å². The second kappa shape index (κ2) is 7.72. The van der Waals surface area contributed by atoms with Crippen LogP contribution in [-0.4, -0.2) is 13.9 Å². The molecule has 0 saturated carbocycles. The van der Waals surface area contributed by atoms with Crippen LogP contribution >= 0.6 is 11.6 Å². The van der Waals surface area contributed by atoms with E-state index in [1.54, 1.807) is 7.11 Å². The minimum absolute atomic E-state index is 0.191. The van der Waals surface area contributed by atoms with Crippen molar-refractivity contribution in [2.24, 2.45) is 0 Å². The molecule has 20 heavy (non-hydrogen) atoms. The van der Waals surface area contributed by atoms with Crippen molar-refractivity contribution in [1.82, 2.24) is 0 Å². The van der Waals surface area contributed by atoms with Crippen molar-refractivity contribution in [3.63, 3.8) is 0 Å². The average molecular weight is 287 g/mol. The summed E-state index contributed by atoms with van der Waals surface area (Å²) in [6.45, 7) is 0.191. The van der Waals surface area contributed by atoms with Crippen LogP contribution in [0, 0.1) is 11.8 Å². The minimum atomic E-state index is -0.340. The summed E-state index contributed by atoms with van der Waals surface area (Å²) in [7, 11) is 1.59. The molecule has 0 aliphatic rings. The van der Waals surface area contributed by atoms with Gasteiger partial charge in [0.15, 0.2) is 0 Å². The summed E-state index contributed by atoms with van der Waals surface area (Å²) in [6, 6.07) is 17.3. The number of hydrogen-bond acceptors (Lipinski definition) is 2. The molecule has 102 valence electrons. The lowest BCUT2D eigenvalue weighted by atomic mass is 10.1.